The van der Waals surface area contributed by atoms with Crippen LogP contribution in [0, 0.1) is 5.92 Å². The van der Waals surface area contributed by atoms with E-state index in [1.165, 1.54) is 0 Å². The highest BCUT2D eigenvalue weighted by atomic mass is 32.2. The highest BCUT2D eigenvalue weighted by Crippen LogP contribution is 2.34. The number of nitrogens with zero attached hydrogens (tertiary/aromatic N) is 1. The van der Waals surface area contributed by atoms with Gasteiger partial charge in [-0.2, -0.15) is 24.9 Å². The van der Waals surface area contributed by atoms with Crippen molar-refractivity contribution in [2.75, 3.05) is 12.4 Å². The van der Waals surface area contributed by atoms with Crippen LogP contribution >= 0.6 is 11.8 Å². The second-order valence-corrected chi connectivity index (χ2v) is 5.13. The highest BCUT2D eigenvalue weighted by molar-refractivity contribution is 8.00. The monoisotopic (exact) mass is 272 g/mol. The molecule has 1 fully saturated rings. The smallest absolute Gasteiger partial charge is 0.399 e. The molecule has 0 spiro atoms. The van der Waals surface area contributed by atoms with Crippen LogP contribution in [-0.4, -0.2) is 40.9 Å². The second-order valence-electron chi connectivity index (χ2n) is 3.86. The largest absolute Gasteiger partial charge is 0.409 e. The molecular formula is C9H15F3N2O2S. The van der Waals surface area contributed by atoms with Crippen molar-refractivity contribution in [1.29, 1.82) is 0 Å². The number of rotatable bonds is 4. The molecule has 3 N–H and O–H groups in total. The van der Waals surface area contributed by atoms with Crippen molar-refractivity contribution in [3.05, 3.63) is 0 Å². The molecule has 0 saturated carbocycles. The summed E-state index contributed by atoms with van der Waals surface area (Å²) >= 11 is 1.15. The minimum absolute atomic E-state index is 0.0337. The normalized spacial score (nSPS) is 28.4. The number of hydrogen-bond acceptors (Lipinski definition) is 4. The van der Waals surface area contributed by atoms with Gasteiger partial charge in [0.1, 0.15) is 5.92 Å². The topological polar surface area (TPSA) is 67.8 Å². The van der Waals surface area contributed by atoms with Gasteiger partial charge in [-0.05, 0) is 13.3 Å². The summed E-state index contributed by atoms with van der Waals surface area (Å²) in [6, 6.07) is 0. The van der Waals surface area contributed by atoms with Crippen molar-refractivity contribution in [3.8, 4) is 0 Å². The number of amidine groups is 1. The Morgan fingerprint density at radius 2 is 2.29 bits per heavy atom. The second kappa shape index (κ2) is 5.81. The highest BCUT2D eigenvalue weighted by Gasteiger charge is 2.43. The van der Waals surface area contributed by atoms with Crippen LogP contribution in [0.4, 0.5) is 13.2 Å². The van der Waals surface area contributed by atoms with Crippen molar-refractivity contribution >= 4 is 17.6 Å². The van der Waals surface area contributed by atoms with E-state index >= 15 is 0 Å². The van der Waals surface area contributed by atoms with Crippen molar-refractivity contribution < 1.29 is 23.1 Å². The van der Waals surface area contributed by atoms with E-state index in [1.54, 1.807) is 0 Å². The average molecular weight is 272 g/mol. The van der Waals surface area contributed by atoms with Gasteiger partial charge in [-0.1, -0.05) is 5.16 Å². The van der Waals surface area contributed by atoms with Crippen LogP contribution < -0.4 is 5.73 Å². The zero-order valence-corrected chi connectivity index (χ0v) is 10.1. The van der Waals surface area contributed by atoms with Crippen LogP contribution in [0.2, 0.25) is 0 Å². The number of alkyl halides is 3. The lowest BCUT2D eigenvalue weighted by Crippen LogP contribution is -2.38. The predicted molar refractivity (Wildman–Crippen MR) is 59.2 cm³/mol. The van der Waals surface area contributed by atoms with Gasteiger partial charge in [0.15, 0.2) is 5.84 Å². The van der Waals surface area contributed by atoms with Gasteiger partial charge in [-0.25, -0.2) is 0 Å². The Kier molecular flexibility index (Phi) is 4.93. The SMILES string of the molecule is CC1OCCC1SCC(C(N)=NO)C(F)(F)F. The maximum atomic E-state index is 12.6. The van der Waals surface area contributed by atoms with Crippen LogP contribution in [0.5, 0.6) is 0 Å². The zero-order chi connectivity index (χ0) is 13.1. The Labute approximate surface area is 101 Å². The quantitative estimate of drug-likeness (QED) is 0.354. The molecule has 3 atom stereocenters. The maximum Gasteiger partial charge on any atom is 0.399 e. The summed E-state index contributed by atoms with van der Waals surface area (Å²) in [5.41, 5.74) is 5.06. The summed E-state index contributed by atoms with van der Waals surface area (Å²) in [6.07, 6.45) is -3.82. The molecule has 0 aliphatic carbocycles. The Morgan fingerprint density at radius 3 is 2.71 bits per heavy atom. The predicted octanol–water partition coefficient (Wildman–Crippen LogP) is 1.82. The summed E-state index contributed by atoms with van der Waals surface area (Å²) in [4.78, 5) is 0. The van der Waals surface area contributed by atoms with Gasteiger partial charge >= 0.3 is 6.18 Å². The zero-order valence-electron chi connectivity index (χ0n) is 9.28. The van der Waals surface area contributed by atoms with Crippen molar-refractivity contribution in [1.82, 2.24) is 0 Å². The minimum Gasteiger partial charge on any atom is -0.409 e. The van der Waals surface area contributed by atoms with Crippen LogP contribution in [0.15, 0.2) is 5.16 Å². The van der Waals surface area contributed by atoms with Gasteiger partial charge in [0, 0.05) is 17.6 Å². The third-order valence-electron chi connectivity index (χ3n) is 2.65. The van der Waals surface area contributed by atoms with Crippen LogP contribution in [0.3, 0.4) is 0 Å². The molecule has 100 valence electrons. The number of ether oxygens (including phenoxy) is 1. The molecule has 1 aliphatic heterocycles. The number of hydrogen-bond donors (Lipinski definition) is 2. The Balaban J connectivity index is 2.56. The Bertz CT molecular complexity index is 286. The molecule has 0 amide bonds. The van der Waals surface area contributed by atoms with Gasteiger partial charge in [0.05, 0.1) is 6.10 Å². The maximum absolute atomic E-state index is 12.6. The third-order valence-corrected chi connectivity index (χ3v) is 4.22. The molecule has 0 aromatic heterocycles. The first-order chi connectivity index (χ1) is 7.86. The lowest BCUT2D eigenvalue weighted by atomic mass is 10.1. The van der Waals surface area contributed by atoms with Crippen molar-refractivity contribution in [3.63, 3.8) is 0 Å². The summed E-state index contributed by atoms with van der Waals surface area (Å²) in [6.45, 7) is 2.40. The van der Waals surface area contributed by atoms with Gasteiger partial charge in [0.25, 0.3) is 0 Å². The summed E-state index contributed by atoms with van der Waals surface area (Å²) in [5.74, 6) is -2.96. The van der Waals surface area contributed by atoms with E-state index in [9.17, 15) is 13.2 Å². The van der Waals surface area contributed by atoms with E-state index in [0.29, 0.717) is 6.61 Å². The van der Waals surface area contributed by atoms with Gasteiger partial charge in [-0.3, -0.25) is 0 Å². The number of halogens is 3. The first-order valence-corrected chi connectivity index (χ1v) is 6.18. The van der Waals surface area contributed by atoms with Crippen LogP contribution in [0.1, 0.15) is 13.3 Å². The lowest BCUT2D eigenvalue weighted by molar-refractivity contribution is -0.150. The van der Waals surface area contributed by atoms with Gasteiger partial charge < -0.3 is 15.7 Å². The van der Waals surface area contributed by atoms with E-state index in [-0.39, 0.29) is 17.1 Å². The van der Waals surface area contributed by atoms with E-state index in [1.807, 2.05) is 6.92 Å². The van der Waals surface area contributed by atoms with Gasteiger partial charge in [-0.15, -0.1) is 0 Å². The number of nitrogens with two attached hydrogens (primary N) is 1. The Morgan fingerprint density at radius 1 is 1.65 bits per heavy atom. The summed E-state index contributed by atoms with van der Waals surface area (Å²) in [5, 5.41) is 10.8. The average Bonchev–Trinajstić information content (AvgIpc) is 2.62. The first-order valence-electron chi connectivity index (χ1n) is 5.13. The molecule has 1 saturated heterocycles. The molecule has 1 heterocycles. The molecule has 1 rings (SSSR count). The van der Waals surface area contributed by atoms with Gasteiger partial charge in [0.2, 0.25) is 0 Å². The van der Waals surface area contributed by atoms with E-state index in [4.69, 9.17) is 15.7 Å². The molecule has 17 heavy (non-hydrogen) atoms. The molecular weight excluding hydrogens is 257 g/mol. The van der Waals surface area contributed by atoms with Crippen LogP contribution in [-0.2, 0) is 4.74 Å². The molecule has 0 aromatic rings. The van der Waals surface area contributed by atoms with Crippen molar-refractivity contribution in [2.45, 2.75) is 30.9 Å². The third kappa shape index (κ3) is 3.95. The number of oxime groups is 1. The van der Waals surface area contributed by atoms with E-state index in [2.05, 4.69) is 5.16 Å². The summed E-state index contributed by atoms with van der Waals surface area (Å²) < 4.78 is 43.1. The summed E-state index contributed by atoms with van der Waals surface area (Å²) in [7, 11) is 0. The number of thioether (sulfide) groups is 1. The molecule has 3 unspecified atom stereocenters. The van der Waals surface area contributed by atoms with E-state index in [0.717, 1.165) is 18.2 Å². The fourth-order valence-corrected chi connectivity index (χ4v) is 2.98. The molecule has 0 aromatic carbocycles. The molecule has 1 aliphatic rings. The Hall–Kier alpha value is -0.630. The minimum atomic E-state index is -4.49. The van der Waals surface area contributed by atoms with Crippen LogP contribution in [0.25, 0.3) is 0 Å². The molecule has 0 radical (unpaired) electrons. The molecule has 0 bridgehead atoms. The lowest BCUT2D eigenvalue weighted by Gasteiger charge is -2.21. The van der Waals surface area contributed by atoms with E-state index < -0.39 is 17.9 Å². The fraction of sp³-hybridized carbons (Fsp3) is 0.889. The standard InChI is InChI=1S/C9H15F3N2O2S/c1-5-7(2-3-16-5)17-4-6(8(13)14-15)9(10,11)12/h5-7,15H,2-4H2,1H3,(H2,13,14). The molecule has 8 heteroatoms. The fourth-order valence-electron chi connectivity index (χ4n) is 1.57. The molecule has 4 nitrogen and oxygen atoms in total. The first kappa shape index (κ1) is 14.4. The van der Waals surface area contributed by atoms with Crippen molar-refractivity contribution in [2.24, 2.45) is 16.8 Å².